The Morgan fingerprint density at radius 3 is 2.83 bits per heavy atom. The molecule has 2 aliphatic heterocycles. The molecule has 2 bridgehead atoms. The van der Waals surface area contributed by atoms with E-state index < -0.39 is 0 Å². The van der Waals surface area contributed by atoms with Gasteiger partial charge in [-0.3, -0.25) is 4.90 Å². The van der Waals surface area contributed by atoms with Gasteiger partial charge in [-0.05, 0) is 26.3 Å². The summed E-state index contributed by atoms with van der Waals surface area (Å²) in [4.78, 5) is 2.45. The van der Waals surface area contributed by atoms with Gasteiger partial charge >= 0.3 is 0 Å². The van der Waals surface area contributed by atoms with E-state index in [0.29, 0.717) is 18.6 Å². The maximum atomic E-state index is 11.9. The van der Waals surface area contributed by atoms with Gasteiger partial charge in [0.05, 0.1) is 0 Å². The molecule has 2 rings (SSSR count). The van der Waals surface area contributed by atoms with Crippen molar-refractivity contribution in [2.24, 2.45) is 0 Å². The lowest BCUT2D eigenvalue weighted by atomic mass is 9.95. The normalized spacial score (nSPS) is 41.0. The van der Waals surface area contributed by atoms with E-state index in [1.165, 1.54) is 19.3 Å². The summed E-state index contributed by atoms with van der Waals surface area (Å²) < 4.78 is 11.9. The van der Waals surface area contributed by atoms with Crippen LogP contribution in [0.1, 0.15) is 19.3 Å². The van der Waals surface area contributed by atoms with E-state index in [1.807, 2.05) is 0 Å². The predicted octanol–water partition coefficient (Wildman–Crippen LogP) is 0.781. The largest absolute Gasteiger partial charge is 0.310 e. The smallest absolute Gasteiger partial charge is 0.102 e. The lowest BCUT2D eigenvalue weighted by Crippen LogP contribution is -2.40. The van der Waals surface area contributed by atoms with Gasteiger partial charge in [-0.25, -0.2) is 4.39 Å². The third kappa shape index (κ3) is 1.25. The van der Waals surface area contributed by atoms with E-state index in [1.54, 1.807) is 0 Å². The number of nitrogens with one attached hydrogen (secondary N) is 1. The van der Waals surface area contributed by atoms with Crippen molar-refractivity contribution in [2.75, 3.05) is 20.3 Å². The van der Waals surface area contributed by atoms with E-state index in [0.717, 1.165) is 6.04 Å². The highest BCUT2D eigenvalue weighted by Crippen LogP contribution is 2.35. The highest BCUT2D eigenvalue weighted by Gasteiger charge is 2.43. The minimum atomic E-state index is -0.238. The fraction of sp³-hybridized carbons (Fsp3) is 1.00. The summed E-state index contributed by atoms with van der Waals surface area (Å²) in [7, 11) is 2.19. The van der Waals surface area contributed by atoms with Crippen LogP contribution in [0.15, 0.2) is 0 Å². The van der Waals surface area contributed by atoms with E-state index >= 15 is 0 Å². The van der Waals surface area contributed by atoms with Crippen LogP contribution in [0.5, 0.6) is 0 Å². The van der Waals surface area contributed by atoms with Crippen LogP contribution in [-0.2, 0) is 0 Å². The summed E-state index contributed by atoms with van der Waals surface area (Å²) in [6, 6.07) is 2.01. The van der Waals surface area contributed by atoms with Crippen molar-refractivity contribution >= 4 is 0 Å². The Hall–Kier alpha value is -0.150. The predicted molar refractivity (Wildman–Crippen MR) is 47.0 cm³/mol. The summed E-state index contributed by atoms with van der Waals surface area (Å²) in [6.07, 6.45) is 3.86. The van der Waals surface area contributed by atoms with Crippen LogP contribution in [0.4, 0.5) is 4.39 Å². The molecular formula is C9H17FN2. The van der Waals surface area contributed by atoms with Crippen molar-refractivity contribution in [1.29, 1.82) is 0 Å². The van der Waals surface area contributed by atoms with E-state index in [9.17, 15) is 4.39 Å². The van der Waals surface area contributed by atoms with Crippen LogP contribution in [0.2, 0.25) is 0 Å². The van der Waals surface area contributed by atoms with Crippen LogP contribution in [0.3, 0.4) is 0 Å². The van der Waals surface area contributed by atoms with E-state index in [2.05, 4.69) is 17.3 Å². The Labute approximate surface area is 73.1 Å². The molecule has 1 N–H and O–H groups in total. The maximum absolute atomic E-state index is 11.9. The molecule has 1 unspecified atom stereocenters. The number of rotatable bonds is 3. The molecule has 3 heteroatoms. The van der Waals surface area contributed by atoms with Gasteiger partial charge in [-0.15, -0.1) is 0 Å². The summed E-state index contributed by atoms with van der Waals surface area (Å²) in [5.74, 6) is 0. The van der Waals surface area contributed by atoms with Gasteiger partial charge in [0.15, 0.2) is 0 Å². The molecule has 0 amide bonds. The van der Waals surface area contributed by atoms with Gasteiger partial charge in [0.2, 0.25) is 0 Å². The molecule has 12 heavy (non-hydrogen) atoms. The topological polar surface area (TPSA) is 15.3 Å². The summed E-state index contributed by atoms with van der Waals surface area (Å²) in [5, 5.41) is 3.28. The Morgan fingerprint density at radius 1 is 1.50 bits per heavy atom. The average Bonchev–Trinajstić information content (AvgIpc) is 2.58. The van der Waals surface area contributed by atoms with Gasteiger partial charge in [-0.1, -0.05) is 0 Å². The van der Waals surface area contributed by atoms with Crippen molar-refractivity contribution in [3.05, 3.63) is 0 Å². The first-order valence-electron chi connectivity index (χ1n) is 4.84. The fourth-order valence-corrected chi connectivity index (χ4v) is 2.72. The number of likely N-dealkylation sites (N-methyl/N-ethyl adjacent to an activating group) is 1. The molecule has 0 spiro atoms. The second-order valence-corrected chi connectivity index (χ2v) is 3.95. The molecule has 0 radical (unpaired) electrons. The molecular weight excluding hydrogens is 155 g/mol. The van der Waals surface area contributed by atoms with Gasteiger partial charge in [0, 0.05) is 24.7 Å². The lowest BCUT2D eigenvalue weighted by Gasteiger charge is -2.22. The third-order valence-electron chi connectivity index (χ3n) is 3.39. The van der Waals surface area contributed by atoms with Crippen molar-refractivity contribution < 1.29 is 4.39 Å². The SMILES string of the molecule is CN1[C@@H]2CC[C@H]1C(NCCF)C2. The minimum Gasteiger partial charge on any atom is -0.310 e. The number of hydrogen-bond acceptors (Lipinski definition) is 2. The highest BCUT2D eigenvalue weighted by atomic mass is 19.1. The molecule has 70 valence electrons. The summed E-state index contributed by atoms with van der Waals surface area (Å²) in [5.41, 5.74) is 0. The number of hydrogen-bond donors (Lipinski definition) is 1. The van der Waals surface area contributed by atoms with Crippen molar-refractivity contribution in [3.8, 4) is 0 Å². The molecule has 0 aromatic heterocycles. The first kappa shape index (κ1) is 8.45. The van der Waals surface area contributed by atoms with Crippen LogP contribution in [0, 0.1) is 0 Å². The van der Waals surface area contributed by atoms with Crippen molar-refractivity contribution in [1.82, 2.24) is 10.2 Å². The Morgan fingerprint density at radius 2 is 2.33 bits per heavy atom. The highest BCUT2D eigenvalue weighted by molar-refractivity contribution is 5.02. The molecule has 3 atom stereocenters. The van der Waals surface area contributed by atoms with Crippen LogP contribution in [-0.4, -0.2) is 43.3 Å². The molecule has 0 saturated carbocycles. The zero-order chi connectivity index (χ0) is 8.55. The molecule has 2 nitrogen and oxygen atoms in total. The first-order valence-corrected chi connectivity index (χ1v) is 4.84. The molecule has 0 aliphatic carbocycles. The molecule has 2 heterocycles. The summed E-state index contributed by atoms with van der Waals surface area (Å²) in [6.45, 7) is 0.291. The van der Waals surface area contributed by atoms with Gasteiger partial charge in [0.25, 0.3) is 0 Å². The Bertz CT molecular complexity index is 163. The van der Waals surface area contributed by atoms with Crippen LogP contribution >= 0.6 is 0 Å². The van der Waals surface area contributed by atoms with Gasteiger partial charge < -0.3 is 5.32 Å². The second kappa shape index (κ2) is 3.30. The summed E-state index contributed by atoms with van der Waals surface area (Å²) >= 11 is 0. The molecule has 0 aromatic carbocycles. The quantitative estimate of drug-likeness (QED) is 0.677. The van der Waals surface area contributed by atoms with Crippen LogP contribution in [0.25, 0.3) is 0 Å². The monoisotopic (exact) mass is 172 g/mol. The van der Waals surface area contributed by atoms with Crippen molar-refractivity contribution in [3.63, 3.8) is 0 Å². The number of alkyl halides is 1. The zero-order valence-electron chi connectivity index (χ0n) is 7.59. The molecule has 2 aliphatic rings. The first-order chi connectivity index (χ1) is 5.83. The maximum Gasteiger partial charge on any atom is 0.102 e. The van der Waals surface area contributed by atoms with Gasteiger partial charge in [0.1, 0.15) is 6.67 Å². The zero-order valence-corrected chi connectivity index (χ0v) is 7.59. The third-order valence-corrected chi connectivity index (χ3v) is 3.39. The number of fused-ring (bicyclic) bond motifs is 2. The number of halogens is 1. The number of nitrogens with zero attached hydrogens (tertiary/aromatic N) is 1. The van der Waals surface area contributed by atoms with E-state index in [-0.39, 0.29) is 6.67 Å². The molecule has 0 aromatic rings. The Kier molecular flexibility index (Phi) is 2.33. The fourth-order valence-electron chi connectivity index (χ4n) is 2.72. The van der Waals surface area contributed by atoms with Gasteiger partial charge in [-0.2, -0.15) is 0 Å². The average molecular weight is 172 g/mol. The standard InChI is InChI=1S/C9H17FN2/c1-12-7-2-3-9(12)8(6-7)11-5-4-10/h7-9,11H,2-6H2,1H3/t7-,8?,9+/m1/s1. The molecule has 2 saturated heterocycles. The lowest BCUT2D eigenvalue weighted by molar-refractivity contribution is 0.294. The minimum absolute atomic E-state index is 0.238. The molecule has 2 fully saturated rings. The van der Waals surface area contributed by atoms with E-state index in [4.69, 9.17) is 0 Å². The van der Waals surface area contributed by atoms with Crippen LogP contribution < -0.4 is 5.32 Å². The van der Waals surface area contributed by atoms with Crippen molar-refractivity contribution in [2.45, 2.75) is 37.4 Å². The Balaban J connectivity index is 1.87. The second-order valence-electron chi connectivity index (χ2n) is 3.95.